The third kappa shape index (κ3) is 5.78. The van der Waals surface area contributed by atoms with Gasteiger partial charge >= 0.3 is 5.97 Å². The zero-order valence-corrected chi connectivity index (χ0v) is 15.0. The second-order valence-corrected chi connectivity index (χ2v) is 6.40. The van der Waals surface area contributed by atoms with E-state index in [4.69, 9.17) is 9.15 Å². The van der Waals surface area contributed by atoms with E-state index >= 15 is 0 Å². The third-order valence-corrected chi connectivity index (χ3v) is 3.85. The summed E-state index contributed by atoms with van der Waals surface area (Å²) in [4.78, 5) is 23.9. The number of carbonyl (C=O) groups is 2. The highest BCUT2D eigenvalue weighted by Gasteiger charge is 2.22. The molecule has 0 aliphatic heterocycles. The number of carbonyl (C=O) groups excluding carboxylic acids is 2. The first kappa shape index (κ1) is 18.8. The monoisotopic (exact) mass is 343 g/mol. The maximum atomic E-state index is 12.1. The van der Waals surface area contributed by atoms with Gasteiger partial charge in [0.25, 0.3) is 0 Å². The Morgan fingerprint density at radius 2 is 1.84 bits per heavy atom. The molecule has 0 unspecified atom stereocenters. The summed E-state index contributed by atoms with van der Waals surface area (Å²) in [5.41, 5.74) is 1.00. The largest absolute Gasteiger partial charge is 0.467 e. The van der Waals surface area contributed by atoms with Crippen LogP contribution in [0.1, 0.15) is 32.4 Å². The minimum atomic E-state index is -0.603. The molecule has 0 aliphatic rings. The van der Waals surface area contributed by atoms with E-state index in [1.165, 1.54) is 7.11 Å². The molecule has 0 aliphatic carbocycles. The van der Waals surface area contributed by atoms with Crippen LogP contribution in [0.5, 0.6) is 0 Å². The van der Waals surface area contributed by atoms with E-state index in [0.717, 1.165) is 17.1 Å². The van der Waals surface area contributed by atoms with Crippen molar-refractivity contribution in [2.24, 2.45) is 5.92 Å². The van der Waals surface area contributed by atoms with Crippen molar-refractivity contribution in [3.8, 4) is 11.3 Å². The molecule has 134 valence electrons. The molecule has 0 saturated carbocycles. The summed E-state index contributed by atoms with van der Waals surface area (Å²) in [5.74, 6) is 1.21. The number of furan rings is 1. The second kappa shape index (κ2) is 9.06. The van der Waals surface area contributed by atoms with Gasteiger partial charge in [0.05, 0.1) is 7.11 Å². The summed E-state index contributed by atoms with van der Waals surface area (Å²) in [5, 5.41) is 2.75. The van der Waals surface area contributed by atoms with Crippen LogP contribution < -0.4 is 5.32 Å². The highest BCUT2D eigenvalue weighted by molar-refractivity contribution is 5.84. The van der Waals surface area contributed by atoms with Gasteiger partial charge in [-0.2, -0.15) is 0 Å². The number of nitrogens with one attached hydrogen (secondary N) is 1. The lowest BCUT2D eigenvalue weighted by Crippen LogP contribution is -2.42. The molecule has 25 heavy (non-hydrogen) atoms. The number of amides is 1. The molecule has 5 heteroatoms. The van der Waals surface area contributed by atoms with Crippen LogP contribution in [0.2, 0.25) is 0 Å². The Bertz CT molecular complexity index is 691. The van der Waals surface area contributed by atoms with Crippen LogP contribution in [-0.4, -0.2) is 25.0 Å². The van der Waals surface area contributed by atoms with Gasteiger partial charge in [0, 0.05) is 18.4 Å². The molecule has 1 amide bonds. The van der Waals surface area contributed by atoms with Gasteiger partial charge in [-0.25, -0.2) is 4.79 Å². The number of ether oxygens (including phenoxy) is 1. The topological polar surface area (TPSA) is 68.5 Å². The fourth-order valence-corrected chi connectivity index (χ4v) is 2.60. The average Bonchev–Trinajstić information content (AvgIpc) is 3.08. The van der Waals surface area contributed by atoms with Crippen molar-refractivity contribution >= 4 is 11.9 Å². The van der Waals surface area contributed by atoms with Gasteiger partial charge in [0.1, 0.15) is 17.6 Å². The first-order valence-electron chi connectivity index (χ1n) is 8.51. The van der Waals surface area contributed by atoms with Crippen molar-refractivity contribution in [1.82, 2.24) is 5.32 Å². The molecule has 0 saturated heterocycles. The van der Waals surface area contributed by atoms with Crippen molar-refractivity contribution in [3.05, 3.63) is 48.2 Å². The summed E-state index contributed by atoms with van der Waals surface area (Å²) < 4.78 is 10.5. The molecular weight excluding hydrogens is 318 g/mol. The molecule has 1 atom stereocenters. The van der Waals surface area contributed by atoms with Gasteiger partial charge < -0.3 is 14.5 Å². The lowest BCUT2D eigenvalue weighted by atomic mass is 10.0. The maximum Gasteiger partial charge on any atom is 0.328 e. The van der Waals surface area contributed by atoms with Gasteiger partial charge in [0.15, 0.2) is 0 Å². The molecule has 1 aromatic heterocycles. The van der Waals surface area contributed by atoms with Gasteiger partial charge in [-0.3, -0.25) is 4.79 Å². The van der Waals surface area contributed by atoms with Crippen molar-refractivity contribution in [2.75, 3.05) is 7.11 Å². The van der Waals surface area contributed by atoms with Crippen molar-refractivity contribution in [2.45, 2.75) is 39.2 Å². The van der Waals surface area contributed by atoms with Crippen LogP contribution in [0.25, 0.3) is 11.3 Å². The van der Waals surface area contributed by atoms with Crippen LogP contribution in [0.15, 0.2) is 46.9 Å². The third-order valence-electron chi connectivity index (χ3n) is 3.85. The highest BCUT2D eigenvalue weighted by Crippen LogP contribution is 2.22. The van der Waals surface area contributed by atoms with E-state index in [9.17, 15) is 9.59 Å². The first-order chi connectivity index (χ1) is 12.0. The van der Waals surface area contributed by atoms with Gasteiger partial charge in [-0.05, 0) is 24.5 Å². The summed E-state index contributed by atoms with van der Waals surface area (Å²) in [6, 6.07) is 13.0. The Hall–Kier alpha value is -2.56. The quantitative estimate of drug-likeness (QED) is 0.744. The van der Waals surface area contributed by atoms with Gasteiger partial charge in [-0.15, -0.1) is 0 Å². The maximum absolute atomic E-state index is 12.1. The molecular formula is C20H25NO4. The van der Waals surface area contributed by atoms with Crippen LogP contribution in [0.3, 0.4) is 0 Å². The number of aryl methyl sites for hydroxylation is 1. The zero-order chi connectivity index (χ0) is 18.2. The van der Waals surface area contributed by atoms with Crippen LogP contribution in [0, 0.1) is 5.92 Å². The van der Waals surface area contributed by atoms with E-state index in [2.05, 4.69) is 5.32 Å². The van der Waals surface area contributed by atoms with Crippen molar-refractivity contribution in [3.63, 3.8) is 0 Å². The van der Waals surface area contributed by atoms with Gasteiger partial charge in [-0.1, -0.05) is 44.2 Å². The van der Waals surface area contributed by atoms with Gasteiger partial charge in [0.2, 0.25) is 5.91 Å². The average molecular weight is 343 g/mol. The van der Waals surface area contributed by atoms with E-state index < -0.39 is 12.0 Å². The summed E-state index contributed by atoms with van der Waals surface area (Å²) in [6.07, 6.45) is 1.29. The van der Waals surface area contributed by atoms with Crippen LogP contribution >= 0.6 is 0 Å². The Labute approximate surface area is 148 Å². The lowest BCUT2D eigenvalue weighted by molar-refractivity contribution is -0.145. The molecule has 5 nitrogen and oxygen atoms in total. The standard InChI is InChI=1S/C20H25NO4/c1-14(2)13-17(20(23)24-3)21-19(22)12-10-16-9-11-18(25-16)15-7-5-4-6-8-15/h4-9,11,14,17H,10,12-13H2,1-3H3,(H,21,22)/t17-/m0/s1. The number of rotatable bonds is 8. The van der Waals surface area contributed by atoms with Crippen LogP contribution in [-0.2, 0) is 20.7 Å². The number of benzene rings is 1. The molecule has 0 fully saturated rings. The molecule has 1 aromatic carbocycles. The normalized spacial score (nSPS) is 12.0. The molecule has 0 bridgehead atoms. The van der Waals surface area contributed by atoms with Crippen LogP contribution in [0.4, 0.5) is 0 Å². The number of esters is 1. The molecule has 1 heterocycles. The Morgan fingerprint density at radius 3 is 2.48 bits per heavy atom. The fourth-order valence-electron chi connectivity index (χ4n) is 2.60. The number of hydrogen-bond acceptors (Lipinski definition) is 4. The van der Waals surface area contributed by atoms with E-state index in [-0.39, 0.29) is 18.2 Å². The van der Waals surface area contributed by atoms with Crippen molar-refractivity contribution in [1.29, 1.82) is 0 Å². The highest BCUT2D eigenvalue weighted by atomic mass is 16.5. The molecule has 1 N–H and O–H groups in total. The lowest BCUT2D eigenvalue weighted by Gasteiger charge is -2.18. The van der Waals surface area contributed by atoms with Crippen molar-refractivity contribution < 1.29 is 18.7 Å². The summed E-state index contributed by atoms with van der Waals surface area (Å²) >= 11 is 0. The van der Waals surface area contributed by atoms with E-state index in [0.29, 0.717) is 12.8 Å². The van der Waals surface area contributed by atoms with E-state index in [1.807, 2.05) is 56.3 Å². The number of methoxy groups -OCH3 is 1. The molecule has 2 aromatic rings. The Kier molecular flexibility index (Phi) is 6.81. The minimum absolute atomic E-state index is 0.186. The fraction of sp³-hybridized carbons (Fsp3) is 0.400. The predicted molar refractivity (Wildman–Crippen MR) is 95.9 cm³/mol. The second-order valence-electron chi connectivity index (χ2n) is 6.40. The predicted octanol–water partition coefficient (Wildman–Crippen LogP) is 3.58. The zero-order valence-electron chi connectivity index (χ0n) is 15.0. The first-order valence-corrected chi connectivity index (χ1v) is 8.51. The summed E-state index contributed by atoms with van der Waals surface area (Å²) in [7, 11) is 1.33. The molecule has 2 rings (SSSR count). The Balaban J connectivity index is 1.89. The molecule has 0 radical (unpaired) electrons. The smallest absolute Gasteiger partial charge is 0.328 e. The Morgan fingerprint density at radius 1 is 1.12 bits per heavy atom. The minimum Gasteiger partial charge on any atom is -0.467 e. The number of hydrogen-bond donors (Lipinski definition) is 1. The van der Waals surface area contributed by atoms with E-state index in [1.54, 1.807) is 0 Å². The molecule has 0 spiro atoms. The summed E-state index contributed by atoms with van der Waals surface area (Å²) in [6.45, 7) is 3.99. The SMILES string of the molecule is COC(=O)[C@H](CC(C)C)NC(=O)CCc1ccc(-c2ccccc2)o1.